The van der Waals surface area contributed by atoms with Crippen LogP contribution in [0.3, 0.4) is 0 Å². The lowest BCUT2D eigenvalue weighted by Crippen LogP contribution is -2.31. The van der Waals surface area contributed by atoms with Crippen molar-refractivity contribution in [3.8, 4) is 0 Å². The number of thiophene rings is 1. The first-order chi connectivity index (χ1) is 16.1. The number of carbonyl (C=O) groups is 1. The molecule has 2 fully saturated rings. The molecule has 3 heterocycles. The van der Waals surface area contributed by atoms with Crippen LogP contribution in [0.25, 0.3) is 10.2 Å². The van der Waals surface area contributed by atoms with E-state index in [-0.39, 0.29) is 5.91 Å². The van der Waals surface area contributed by atoms with Crippen molar-refractivity contribution in [2.45, 2.75) is 32.6 Å². The van der Waals surface area contributed by atoms with E-state index < -0.39 is 0 Å². The van der Waals surface area contributed by atoms with Crippen LogP contribution in [0.4, 0.5) is 5.82 Å². The average Bonchev–Trinajstić information content (AvgIpc) is 3.39. The van der Waals surface area contributed by atoms with E-state index >= 15 is 0 Å². The largest absolute Gasteiger partial charge is 0.359 e. The zero-order valence-corrected chi connectivity index (χ0v) is 19.9. The number of allylic oxidation sites excluding steroid dienone is 2. The van der Waals surface area contributed by atoms with Crippen molar-refractivity contribution in [3.63, 3.8) is 0 Å². The van der Waals surface area contributed by atoms with Crippen molar-refractivity contribution < 1.29 is 4.79 Å². The first-order valence-corrected chi connectivity index (χ1v) is 12.7. The van der Waals surface area contributed by atoms with E-state index in [2.05, 4.69) is 37.3 Å². The average molecular weight is 460 g/mol. The van der Waals surface area contributed by atoms with Crippen LogP contribution in [0.1, 0.15) is 40.2 Å². The van der Waals surface area contributed by atoms with Crippen LogP contribution in [0.5, 0.6) is 0 Å². The number of carbonyl (C=O) groups excluding carboxylic acids is 1. The summed E-state index contributed by atoms with van der Waals surface area (Å²) in [6.45, 7) is 3.58. The summed E-state index contributed by atoms with van der Waals surface area (Å²) in [7, 11) is 2.04. The lowest BCUT2D eigenvalue weighted by atomic mass is 9.89. The van der Waals surface area contributed by atoms with Crippen molar-refractivity contribution in [1.29, 1.82) is 0 Å². The highest BCUT2D eigenvalue weighted by Gasteiger charge is 2.62. The molecule has 3 aromatic heterocycles. The van der Waals surface area contributed by atoms with Crippen molar-refractivity contribution in [2.75, 3.05) is 25.0 Å². The van der Waals surface area contributed by atoms with Gasteiger partial charge in [0.2, 0.25) is 0 Å². The zero-order valence-electron chi connectivity index (χ0n) is 19.1. The maximum atomic E-state index is 13.2. The van der Waals surface area contributed by atoms with Crippen molar-refractivity contribution in [3.05, 3.63) is 59.0 Å². The van der Waals surface area contributed by atoms with E-state index in [9.17, 15) is 4.79 Å². The third kappa shape index (κ3) is 3.44. The second kappa shape index (κ2) is 7.90. The molecule has 1 spiro atoms. The number of nitrogens with zero attached hydrogens (tertiary/aromatic N) is 4. The number of aryl methyl sites for hydroxylation is 1. The second-order valence-electron chi connectivity index (χ2n) is 9.88. The van der Waals surface area contributed by atoms with Crippen molar-refractivity contribution in [1.82, 2.24) is 20.3 Å². The van der Waals surface area contributed by atoms with Crippen LogP contribution < -0.4 is 10.2 Å². The van der Waals surface area contributed by atoms with Gasteiger partial charge in [-0.1, -0.05) is 18.2 Å². The van der Waals surface area contributed by atoms with Crippen LogP contribution in [0, 0.1) is 30.1 Å². The summed E-state index contributed by atoms with van der Waals surface area (Å²) in [6, 6.07) is 5.98. The van der Waals surface area contributed by atoms with E-state index in [4.69, 9.17) is 0 Å². The number of hydrogen-bond donors (Lipinski definition) is 1. The molecule has 3 atom stereocenters. The maximum absolute atomic E-state index is 13.2. The minimum absolute atomic E-state index is 0.0224. The Labute approximate surface area is 198 Å². The van der Waals surface area contributed by atoms with Gasteiger partial charge in [0.05, 0.1) is 10.3 Å². The molecule has 0 radical (unpaired) electrons. The van der Waals surface area contributed by atoms with E-state index in [0.717, 1.165) is 57.6 Å². The molecule has 33 heavy (non-hydrogen) atoms. The number of likely N-dealkylation sites (N-methyl/N-ethyl adjacent to an activating group) is 1. The molecular formula is C26H29N5OS. The fourth-order valence-corrected chi connectivity index (χ4v) is 7.21. The number of hydrogen-bond acceptors (Lipinski definition) is 6. The number of pyridine rings is 1. The van der Waals surface area contributed by atoms with E-state index in [1.54, 1.807) is 6.33 Å². The molecule has 2 saturated carbocycles. The van der Waals surface area contributed by atoms with Gasteiger partial charge in [0.25, 0.3) is 5.91 Å². The molecule has 3 aromatic rings. The molecule has 3 aliphatic rings. The van der Waals surface area contributed by atoms with Gasteiger partial charge < -0.3 is 10.2 Å². The number of amides is 1. The van der Waals surface area contributed by atoms with Crippen LogP contribution in [-0.2, 0) is 6.42 Å². The summed E-state index contributed by atoms with van der Waals surface area (Å²) >= 11 is 1.47. The van der Waals surface area contributed by atoms with Crippen LogP contribution in [0.15, 0.2) is 42.9 Å². The number of aromatic nitrogens is 3. The molecule has 7 heteroatoms. The predicted molar refractivity (Wildman–Crippen MR) is 132 cm³/mol. The van der Waals surface area contributed by atoms with Crippen molar-refractivity contribution in [2.24, 2.45) is 23.2 Å². The smallest absolute Gasteiger partial charge is 0.261 e. The maximum Gasteiger partial charge on any atom is 0.261 e. The lowest BCUT2D eigenvalue weighted by molar-refractivity contribution is 0.0947. The Morgan fingerprint density at radius 1 is 1.24 bits per heavy atom. The molecule has 0 aromatic carbocycles. The fourth-order valence-electron chi connectivity index (χ4n) is 6.15. The van der Waals surface area contributed by atoms with Crippen LogP contribution >= 0.6 is 11.3 Å². The SMILES string of the molecule is Cc1c(C(=O)NC[C@@H]2C[C@H]3C=C[C@H]2C32CC2)sc2ncnc(N(C)CCc3ccccn3)c12. The monoisotopic (exact) mass is 459 g/mol. The third-order valence-corrected chi connectivity index (χ3v) is 9.27. The topological polar surface area (TPSA) is 71.0 Å². The zero-order chi connectivity index (χ0) is 22.6. The van der Waals surface area contributed by atoms with Gasteiger partial charge in [0.1, 0.15) is 17.0 Å². The molecule has 0 aliphatic heterocycles. The van der Waals surface area contributed by atoms with Crippen molar-refractivity contribution >= 4 is 33.3 Å². The van der Waals surface area contributed by atoms with Gasteiger partial charge in [-0.2, -0.15) is 0 Å². The van der Waals surface area contributed by atoms with Gasteiger partial charge in [-0.15, -0.1) is 11.3 Å². The molecule has 1 N–H and O–H groups in total. The van der Waals surface area contributed by atoms with Crippen LogP contribution in [-0.4, -0.2) is 41.0 Å². The molecular weight excluding hydrogens is 430 g/mol. The fraction of sp³-hybridized carbons (Fsp3) is 0.462. The minimum Gasteiger partial charge on any atom is -0.359 e. The Morgan fingerprint density at radius 2 is 2.12 bits per heavy atom. The van der Waals surface area contributed by atoms with Gasteiger partial charge >= 0.3 is 0 Å². The first kappa shape index (κ1) is 20.8. The number of fused-ring (bicyclic) bond motifs is 1. The van der Waals surface area contributed by atoms with Gasteiger partial charge in [0, 0.05) is 38.4 Å². The molecule has 0 saturated heterocycles. The molecule has 0 unspecified atom stereocenters. The predicted octanol–water partition coefficient (Wildman–Crippen LogP) is 4.41. The van der Waals surface area contributed by atoms with Gasteiger partial charge in [-0.05, 0) is 67.1 Å². The van der Waals surface area contributed by atoms with Crippen LogP contribution in [0.2, 0.25) is 0 Å². The molecule has 2 bridgehead atoms. The summed E-state index contributed by atoms with van der Waals surface area (Å²) in [6.07, 6.45) is 13.1. The quantitative estimate of drug-likeness (QED) is 0.530. The molecule has 1 amide bonds. The summed E-state index contributed by atoms with van der Waals surface area (Å²) in [5, 5.41) is 4.24. The van der Waals surface area contributed by atoms with E-state index in [0.29, 0.717) is 17.3 Å². The molecule has 6 rings (SSSR count). The standard InChI is InChI=1S/C26H29N5OS/c1-16-21-23(31(2)12-8-19-5-3-4-11-27-19)29-15-30-25(21)33-22(16)24(32)28-14-17-13-18-6-7-20(17)26(18)9-10-26/h3-7,11,15,17-18,20H,8-10,12-14H2,1-2H3,(H,28,32)/t17-,18+,20+/m0/s1. The number of rotatable bonds is 7. The first-order valence-electron chi connectivity index (χ1n) is 11.9. The van der Waals surface area contributed by atoms with E-state index in [1.165, 1.54) is 30.6 Å². The number of nitrogens with one attached hydrogen (secondary N) is 1. The summed E-state index contributed by atoms with van der Waals surface area (Å²) in [5.74, 6) is 2.88. The Kier molecular flexibility index (Phi) is 4.98. The summed E-state index contributed by atoms with van der Waals surface area (Å²) < 4.78 is 0. The van der Waals surface area contributed by atoms with Gasteiger partial charge in [0.15, 0.2) is 0 Å². The normalized spacial score (nSPS) is 24.0. The Hall–Kier alpha value is -2.80. The lowest BCUT2D eigenvalue weighted by Gasteiger charge is -2.20. The Balaban J connectivity index is 1.17. The summed E-state index contributed by atoms with van der Waals surface area (Å²) in [4.78, 5) is 30.4. The Morgan fingerprint density at radius 3 is 2.88 bits per heavy atom. The molecule has 3 aliphatic carbocycles. The molecule has 6 nitrogen and oxygen atoms in total. The highest BCUT2D eigenvalue weighted by molar-refractivity contribution is 7.20. The van der Waals surface area contributed by atoms with E-state index in [1.807, 2.05) is 38.4 Å². The summed E-state index contributed by atoms with van der Waals surface area (Å²) in [5.41, 5.74) is 2.59. The molecule has 170 valence electrons. The number of anilines is 1. The highest BCUT2D eigenvalue weighted by Crippen LogP contribution is 2.69. The Bertz CT molecular complexity index is 1230. The third-order valence-electron chi connectivity index (χ3n) is 8.07. The minimum atomic E-state index is 0.0224. The van der Waals surface area contributed by atoms with Gasteiger partial charge in [-0.25, -0.2) is 9.97 Å². The highest BCUT2D eigenvalue weighted by atomic mass is 32.1. The second-order valence-corrected chi connectivity index (χ2v) is 10.9. The van der Waals surface area contributed by atoms with Gasteiger partial charge in [-0.3, -0.25) is 9.78 Å².